The zero-order valence-corrected chi connectivity index (χ0v) is 23.6. The third kappa shape index (κ3) is 4.67. The molecule has 10 heteroatoms. The molecule has 206 valence electrons. The number of rotatable bonds is 6. The van der Waals surface area contributed by atoms with Crippen molar-refractivity contribution in [2.24, 2.45) is 7.05 Å². The average molecular weight is 558 g/mol. The average Bonchev–Trinajstić information content (AvgIpc) is 3.52. The van der Waals surface area contributed by atoms with Gasteiger partial charge in [0.25, 0.3) is 0 Å². The number of nitrogens with zero attached hydrogens (tertiary/aromatic N) is 5. The fourth-order valence-electron chi connectivity index (χ4n) is 5.89. The number of thiophene rings is 1. The molecule has 1 aliphatic heterocycles. The number of carboxylic acid groups (broad SMARTS) is 1. The van der Waals surface area contributed by atoms with Crippen LogP contribution in [0.15, 0.2) is 47.8 Å². The quantitative estimate of drug-likeness (QED) is 0.280. The lowest BCUT2D eigenvalue weighted by atomic mass is 9.84. The Hall–Kier alpha value is -4.02. The van der Waals surface area contributed by atoms with Gasteiger partial charge in [0.2, 0.25) is 5.88 Å². The highest BCUT2D eigenvalue weighted by molar-refractivity contribution is 7.17. The number of carboxylic acids is 1. The number of pyridine rings is 1. The summed E-state index contributed by atoms with van der Waals surface area (Å²) in [6.07, 6.45) is -0.110. The second-order valence-corrected chi connectivity index (χ2v) is 11.5. The van der Waals surface area contributed by atoms with Gasteiger partial charge in [0.15, 0.2) is 0 Å². The van der Waals surface area contributed by atoms with Crippen LogP contribution in [0.5, 0.6) is 11.6 Å². The van der Waals surface area contributed by atoms with E-state index in [0.29, 0.717) is 24.5 Å². The zero-order chi connectivity index (χ0) is 28.1. The molecule has 0 aliphatic carbocycles. The summed E-state index contributed by atoms with van der Waals surface area (Å²) in [4.78, 5) is 18.8. The summed E-state index contributed by atoms with van der Waals surface area (Å²) >= 11 is 1.68. The van der Waals surface area contributed by atoms with Gasteiger partial charge >= 0.3 is 5.97 Å². The molecule has 0 amide bonds. The molecule has 3 atom stereocenters. The Morgan fingerprint density at radius 3 is 2.83 bits per heavy atom. The molecule has 5 aromatic rings. The maximum Gasteiger partial charge on any atom is 0.304 e. The Morgan fingerprint density at radius 2 is 2.02 bits per heavy atom. The number of hydrogen-bond donors (Lipinski definition) is 2. The fourth-order valence-corrected chi connectivity index (χ4v) is 6.78. The molecule has 9 nitrogen and oxygen atoms in total. The third-order valence-corrected chi connectivity index (χ3v) is 8.90. The van der Waals surface area contributed by atoms with Crippen LogP contribution in [-0.2, 0) is 18.4 Å². The first-order chi connectivity index (χ1) is 19.2. The van der Waals surface area contributed by atoms with Gasteiger partial charge in [-0.05, 0) is 78.1 Å². The summed E-state index contributed by atoms with van der Waals surface area (Å²) < 4.78 is 9.05. The molecule has 0 saturated carbocycles. The highest BCUT2D eigenvalue weighted by Gasteiger charge is 2.30. The lowest BCUT2D eigenvalue weighted by molar-refractivity contribution is -0.137. The predicted molar refractivity (Wildman–Crippen MR) is 154 cm³/mol. The Kier molecular flexibility index (Phi) is 6.67. The first kappa shape index (κ1) is 26.2. The molecule has 2 N–H and O–H groups in total. The minimum atomic E-state index is -0.856. The van der Waals surface area contributed by atoms with E-state index in [2.05, 4.69) is 50.7 Å². The van der Waals surface area contributed by atoms with Crippen LogP contribution >= 0.6 is 11.3 Å². The lowest BCUT2D eigenvalue weighted by Gasteiger charge is -2.28. The van der Waals surface area contributed by atoms with Crippen LogP contribution in [0.4, 0.5) is 0 Å². The van der Waals surface area contributed by atoms with E-state index >= 15 is 0 Å². The molecule has 1 aliphatic rings. The largest absolute Gasteiger partial charge is 0.493 e. The first-order valence-electron chi connectivity index (χ1n) is 13.3. The van der Waals surface area contributed by atoms with E-state index in [-0.39, 0.29) is 30.4 Å². The molecule has 3 aromatic heterocycles. The Labute approximate surface area is 235 Å². The van der Waals surface area contributed by atoms with Crippen molar-refractivity contribution in [3.8, 4) is 11.6 Å². The van der Waals surface area contributed by atoms with Gasteiger partial charge in [0.05, 0.1) is 18.0 Å². The van der Waals surface area contributed by atoms with Crippen LogP contribution in [0.2, 0.25) is 0 Å². The van der Waals surface area contributed by atoms with E-state index in [9.17, 15) is 15.0 Å². The van der Waals surface area contributed by atoms with Gasteiger partial charge in [-0.2, -0.15) is 0 Å². The van der Waals surface area contributed by atoms with Crippen molar-refractivity contribution < 1.29 is 19.7 Å². The van der Waals surface area contributed by atoms with Crippen molar-refractivity contribution in [2.75, 3.05) is 6.54 Å². The molecule has 0 saturated heterocycles. The molecular formula is C30H31N5O4S. The van der Waals surface area contributed by atoms with E-state index in [0.717, 1.165) is 38.7 Å². The fraction of sp³-hybridized carbons (Fsp3) is 0.333. The summed E-state index contributed by atoms with van der Waals surface area (Å²) in [5.74, 6) is -0.551. The molecular weight excluding hydrogens is 526 g/mol. The number of aromatic hydroxyl groups is 1. The molecule has 0 unspecified atom stereocenters. The van der Waals surface area contributed by atoms with Gasteiger partial charge in [-0.15, -0.1) is 16.4 Å². The van der Waals surface area contributed by atoms with Gasteiger partial charge in [-0.3, -0.25) is 9.69 Å². The first-order valence-corrected chi connectivity index (χ1v) is 14.2. The maximum atomic E-state index is 12.1. The second kappa shape index (κ2) is 10.2. The van der Waals surface area contributed by atoms with Crippen LogP contribution in [0.25, 0.3) is 21.1 Å². The second-order valence-electron chi connectivity index (χ2n) is 10.6. The molecule has 0 fully saturated rings. The summed E-state index contributed by atoms with van der Waals surface area (Å²) in [6, 6.07) is 13.6. The Balaban J connectivity index is 1.44. The van der Waals surface area contributed by atoms with Crippen molar-refractivity contribution in [3.63, 3.8) is 0 Å². The van der Waals surface area contributed by atoms with Crippen LogP contribution in [0.1, 0.15) is 60.2 Å². The van der Waals surface area contributed by atoms with Crippen LogP contribution in [0, 0.1) is 6.92 Å². The van der Waals surface area contributed by atoms with Gasteiger partial charge in [-0.1, -0.05) is 17.3 Å². The normalized spacial score (nSPS) is 18.4. The highest BCUT2D eigenvalue weighted by Crippen LogP contribution is 2.39. The number of ether oxygens (including phenoxy) is 1. The van der Waals surface area contributed by atoms with Crippen molar-refractivity contribution in [2.45, 2.75) is 51.8 Å². The summed E-state index contributed by atoms with van der Waals surface area (Å²) in [5, 5.41) is 31.7. The van der Waals surface area contributed by atoms with E-state index in [1.54, 1.807) is 28.2 Å². The standard InChI is InChI=1S/C30H31N5O4S/c1-16-14-35(18(3)29-25(39-16)7-8-26(36)31-29)15-21-12-20(11-19-9-10-40-30(19)21)23(13-27(37)38)22-5-6-24-28(17(22)2)32-33-34(24)4/h5-12,16,18,23H,13-15H2,1-4H3,(H,31,36)(H,37,38)/t16-,18+,23-/m1/s1. The topological polar surface area (TPSA) is 114 Å². The van der Waals surface area contributed by atoms with Crippen molar-refractivity contribution in [3.05, 3.63) is 75.8 Å². The monoisotopic (exact) mass is 557 g/mol. The number of aryl methyl sites for hydroxylation is 2. The van der Waals surface area contributed by atoms with Crippen LogP contribution in [-0.4, -0.2) is 53.7 Å². The van der Waals surface area contributed by atoms with Crippen molar-refractivity contribution in [1.29, 1.82) is 0 Å². The minimum absolute atomic E-state index is 0.0293. The smallest absolute Gasteiger partial charge is 0.304 e. The number of aliphatic carboxylic acids is 1. The molecule has 0 spiro atoms. The van der Waals surface area contributed by atoms with E-state index < -0.39 is 5.97 Å². The number of carbonyl (C=O) groups is 1. The van der Waals surface area contributed by atoms with Gasteiger partial charge in [0.1, 0.15) is 23.1 Å². The number of fused-ring (bicyclic) bond motifs is 3. The molecule has 40 heavy (non-hydrogen) atoms. The van der Waals surface area contributed by atoms with Gasteiger partial charge in [-0.25, -0.2) is 9.67 Å². The molecule has 6 rings (SSSR count). The van der Waals surface area contributed by atoms with Crippen molar-refractivity contribution >= 4 is 38.4 Å². The molecule has 4 heterocycles. The Bertz CT molecular complexity index is 1750. The highest BCUT2D eigenvalue weighted by atomic mass is 32.1. The summed E-state index contributed by atoms with van der Waals surface area (Å²) in [6.45, 7) is 7.40. The predicted octanol–water partition coefficient (Wildman–Crippen LogP) is 5.54. The zero-order valence-electron chi connectivity index (χ0n) is 22.8. The van der Waals surface area contributed by atoms with E-state index in [1.807, 2.05) is 33.0 Å². The minimum Gasteiger partial charge on any atom is -0.493 e. The SMILES string of the molecule is Cc1c([C@H](CC(=O)O)c2cc(CN3C[C@@H](C)Oc4ccc(O)nc4[C@@H]3C)c3sccc3c2)ccc2c1nnn2C. The molecule has 0 radical (unpaired) electrons. The van der Waals surface area contributed by atoms with Gasteiger partial charge in [0, 0.05) is 36.8 Å². The third-order valence-electron chi connectivity index (χ3n) is 7.89. The lowest BCUT2D eigenvalue weighted by Crippen LogP contribution is -2.33. The molecule has 2 aromatic carbocycles. The number of benzene rings is 2. The summed E-state index contributed by atoms with van der Waals surface area (Å²) in [7, 11) is 1.85. The van der Waals surface area contributed by atoms with E-state index in [1.165, 1.54) is 4.70 Å². The van der Waals surface area contributed by atoms with Gasteiger partial charge < -0.3 is 14.9 Å². The van der Waals surface area contributed by atoms with E-state index in [4.69, 9.17) is 4.74 Å². The summed E-state index contributed by atoms with van der Waals surface area (Å²) in [5.41, 5.74) is 6.37. The van der Waals surface area contributed by atoms with Crippen molar-refractivity contribution in [1.82, 2.24) is 24.9 Å². The van der Waals surface area contributed by atoms with Crippen LogP contribution in [0.3, 0.4) is 0 Å². The maximum absolute atomic E-state index is 12.1. The van der Waals surface area contributed by atoms with Crippen LogP contribution < -0.4 is 4.74 Å². The number of aromatic nitrogens is 4. The number of hydrogen-bond acceptors (Lipinski definition) is 8. The Morgan fingerprint density at radius 1 is 1.20 bits per heavy atom. The molecule has 0 bridgehead atoms.